The number of aliphatic carboxylic acids is 1. The first-order valence-electron chi connectivity index (χ1n) is 10.5. The minimum Gasteiger partial charge on any atom is -0.475 e. The second-order valence-corrected chi connectivity index (χ2v) is 7.84. The van der Waals surface area contributed by atoms with Gasteiger partial charge in [0.05, 0.1) is 11.0 Å². The van der Waals surface area contributed by atoms with Crippen LogP contribution in [-0.4, -0.2) is 33.3 Å². The monoisotopic (exact) mass is 453 g/mol. The zero-order valence-corrected chi connectivity index (χ0v) is 17.6. The lowest BCUT2D eigenvalue weighted by atomic mass is 10.0. The van der Waals surface area contributed by atoms with Crippen LogP contribution in [0.1, 0.15) is 18.4 Å². The van der Waals surface area contributed by atoms with Crippen molar-refractivity contribution in [3.8, 4) is 22.5 Å². The summed E-state index contributed by atoms with van der Waals surface area (Å²) in [5, 5.41) is 10.7. The summed E-state index contributed by atoms with van der Waals surface area (Å²) < 4.78 is 31.7. The molecule has 8 heteroatoms. The lowest BCUT2D eigenvalue weighted by Gasteiger charge is -2.07. The number of hydrogen-bond acceptors (Lipinski definition) is 3. The van der Waals surface area contributed by atoms with Gasteiger partial charge in [-0.2, -0.15) is 13.2 Å². The minimum atomic E-state index is -5.08. The van der Waals surface area contributed by atoms with Crippen LogP contribution < -0.4 is 5.32 Å². The molecule has 1 heterocycles. The van der Waals surface area contributed by atoms with Crippen LogP contribution in [0.25, 0.3) is 33.5 Å². The molecule has 0 bridgehead atoms. The molecule has 3 aromatic carbocycles. The van der Waals surface area contributed by atoms with E-state index in [1.807, 2.05) is 18.2 Å². The van der Waals surface area contributed by atoms with E-state index in [4.69, 9.17) is 14.9 Å². The summed E-state index contributed by atoms with van der Waals surface area (Å²) in [6.45, 7) is 0.962. The molecule has 1 aromatic heterocycles. The molecule has 0 spiro atoms. The Bertz CT molecular complexity index is 1210. The van der Waals surface area contributed by atoms with Crippen molar-refractivity contribution in [2.75, 3.05) is 0 Å². The number of rotatable bonds is 5. The molecule has 170 valence electrons. The van der Waals surface area contributed by atoms with Gasteiger partial charge < -0.3 is 15.4 Å². The second kappa shape index (κ2) is 9.46. The number of carboxylic acids is 1. The lowest BCUT2D eigenvalue weighted by molar-refractivity contribution is -0.192. The highest BCUT2D eigenvalue weighted by molar-refractivity contribution is 5.80. The van der Waals surface area contributed by atoms with Crippen molar-refractivity contribution in [3.05, 3.63) is 78.4 Å². The third-order valence-corrected chi connectivity index (χ3v) is 5.23. The molecule has 0 saturated heterocycles. The molecule has 33 heavy (non-hydrogen) atoms. The molecule has 4 aromatic rings. The van der Waals surface area contributed by atoms with Crippen LogP contribution in [0.5, 0.6) is 0 Å². The van der Waals surface area contributed by atoms with Crippen molar-refractivity contribution >= 4 is 17.0 Å². The third-order valence-electron chi connectivity index (χ3n) is 5.23. The summed E-state index contributed by atoms with van der Waals surface area (Å²) in [7, 11) is 0. The first-order chi connectivity index (χ1) is 15.8. The van der Waals surface area contributed by atoms with Crippen molar-refractivity contribution in [1.82, 2.24) is 15.3 Å². The predicted molar refractivity (Wildman–Crippen MR) is 121 cm³/mol. The van der Waals surface area contributed by atoms with E-state index in [9.17, 15) is 13.2 Å². The molecule has 1 saturated carbocycles. The molecular formula is C25H22F3N3O2. The maximum Gasteiger partial charge on any atom is 0.490 e. The first kappa shape index (κ1) is 22.5. The van der Waals surface area contributed by atoms with Crippen molar-refractivity contribution in [1.29, 1.82) is 0 Å². The van der Waals surface area contributed by atoms with Gasteiger partial charge in [0, 0.05) is 18.2 Å². The van der Waals surface area contributed by atoms with Crippen molar-refractivity contribution in [2.24, 2.45) is 0 Å². The number of para-hydroxylation sites is 2. The van der Waals surface area contributed by atoms with Crippen LogP contribution in [0, 0.1) is 0 Å². The summed E-state index contributed by atoms with van der Waals surface area (Å²) in [5.41, 5.74) is 6.97. The first-order valence-corrected chi connectivity index (χ1v) is 10.5. The highest BCUT2D eigenvalue weighted by Crippen LogP contribution is 2.27. The molecule has 0 unspecified atom stereocenters. The van der Waals surface area contributed by atoms with Crippen LogP contribution in [0.15, 0.2) is 72.8 Å². The number of carbonyl (C=O) groups is 1. The van der Waals surface area contributed by atoms with E-state index >= 15 is 0 Å². The van der Waals surface area contributed by atoms with Gasteiger partial charge in [0.15, 0.2) is 0 Å². The van der Waals surface area contributed by atoms with Crippen LogP contribution in [0.3, 0.4) is 0 Å². The number of alkyl halides is 3. The number of imidazole rings is 1. The molecular weight excluding hydrogens is 431 g/mol. The molecule has 0 aliphatic heterocycles. The van der Waals surface area contributed by atoms with E-state index in [1.54, 1.807) is 0 Å². The maximum absolute atomic E-state index is 10.6. The number of aromatic amines is 1. The molecule has 0 amide bonds. The average molecular weight is 453 g/mol. The van der Waals surface area contributed by atoms with Crippen molar-refractivity contribution in [2.45, 2.75) is 31.6 Å². The van der Waals surface area contributed by atoms with Gasteiger partial charge in [-0.1, -0.05) is 54.6 Å². The summed E-state index contributed by atoms with van der Waals surface area (Å²) in [6.07, 6.45) is -2.43. The topological polar surface area (TPSA) is 78.0 Å². The number of aromatic nitrogens is 2. The van der Waals surface area contributed by atoms with Crippen LogP contribution in [-0.2, 0) is 11.3 Å². The highest BCUT2D eigenvalue weighted by Gasteiger charge is 2.38. The van der Waals surface area contributed by atoms with Crippen molar-refractivity contribution < 1.29 is 23.1 Å². The van der Waals surface area contributed by atoms with E-state index in [1.165, 1.54) is 29.5 Å². The quantitative estimate of drug-likeness (QED) is 0.358. The van der Waals surface area contributed by atoms with E-state index in [0.29, 0.717) is 0 Å². The Morgan fingerprint density at radius 1 is 0.970 bits per heavy atom. The smallest absolute Gasteiger partial charge is 0.475 e. The van der Waals surface area contributed by atoms with Gasteiger partial charge in [-0.25, -0.2) is 9.78 Å². The van der Waals surface area contributed by atoms with E-state index < -0.39 is 12.1 Å². The fourth-order valence-corrected chi connectivity index (χ4v) is 3.30. The van der Waals surface area contributed by atoms with Gasteiger partial charge in [0.1, 0.15) is 5.82 Å². The fourth-order valence-electron chi connectivity index (χ4n) is 3.30. The van der Waals surface area contributed by atoms with Crippen molar-refractivity contribution in [3.63, 3.8) is 0 Å². The lowest BCUT2D eigenvalue weighted by Crippen LogP contribution is -2.21. The Hall–Kier alpha value is -3.65. The largest absolute Gasteiger partial charge is 0.490 e. The third kappa shape index (κ3) is 5.98. The number of nitrogens with zero attached hydrogens (tertiary/aromatic N) is 1. The molecule has 1 aliphatic carbocycles. The molecule has 3 N–H and O–H groups in total. The summed E-state index contributed by atoms with van der Waals surface area (Å²) in [5.74, 6) is -1.84. The van der Waals surface area contributed by atoms with Gasteiger partial charge in [0.2, 0.25) is 0 Å². The van der Waals surface area contributed by atoms with Gasteiger partial charge in [0.25, 0.3) is 0 Å². The van der Waals surface area contributed by atoms with Crippen LogP contribution in [0.2, 0.25) is 0 Å². The molecule has 1 aliphatic rings. The van der Waals surface area contributed by atoms with E-state index in [2.05, 4.69) is 64.9 Å². The van der Waals surface area contributed by atoms with Gasteiger partial charge in [-0.05, 0) is 47.7 Å². The van der Waals surface area contributed by atoms with E-state index in [0.717, 1.165) is 35.0 Å². The van der Waals surface area contributed by atoms with Gasteiger partial charge >= 0.3 is 12.1 Å². The number of nitrogens with one attached hydrogen (secondary N) is 2. The summed E-state index contributed by atoms with van der Waals surface area (Å²) in [4.78, 5) is 17.0. The SMILES string of the molecule is O=C(O)C(F)(F)F.c1cc(-c2ccc(CNC3CC3)cc2)cc(-c2nc3ccccc3[nH]2)c1. The highest BCUT2D eigenvalue weighted by atomic mass is 19.4. The Kier molecular flexibility index (Phi) is 6.46. The van der Waals surface area contributed by atoms with Crippen LogP contribution in [0.4, 0.5) is 13.2 Å². The minimum absolute atomic E-state index is 0.746. The number of benzene rings is 3. The summed E-state index contributed by atoms with van der Waals surface area (Å²) >= 11 is 0. The standard InChI is InChI=1S/C23H21N3.C2HF3O2/c1-2-7-22-21(6-1)25-23(26-22)19-5-3-4-18(14-19)17-10-8-16(9-11-17)15-24-20-12-13-20;3-2(4,5)1(6)7/h1-11,14,20,24H,12-13,15H2,(H,25,26);(H,6,7). The Labute approximate surface area is 188 Å². The number of carboxylic acid groups (broad SMARTS) is 1. The summed E-state index contributed by atoms with van der Waals surface area (Å²) in [6, 6.07) is 26.3. The fraction of sp³-hybridized carbons (Fsp3) is 0.200. The molecule has 1 fully saturated rings. The van der Waals surface area contributed by atoms with Crippen LogP contribution >= 0.6 is 0 Å². The Morgan fingerprint density at radius 3 is 2.27 bits per heavy atom. The van der Waals surface area contributed by atoms with Gasteiger partial charge in [-0.3, -0.25) is 0 Å². The number of halogens is 3. The normalized spacial score (nSPS) is 13.4. The molecule has 5 nitrogen and oxygen atoms in total. The zero-order chi connectivity index (χ0) is 23.4. The number of fused-ring (bicyclic) bond motifs is 1. The maximum atomic E-state index is 10.6. The number of H-pyrrole nitrogens is 1. The molecule has 5 rings (SSSR count). The second-order valence-electron chi connectivity index (χ2n) is 7.84. The van der Waals surface area contributed by atoms with E-state index in [-0.39, 0.29) is 0 Å². The zero-order valence-electron chi connectivity index (χ0n) is 17.6. The molecule has 0 atom stereocenters. The predicted octanol–water partition coefficient (Wildman–Crippen LogP) is 5.78. The Balaban J connectivity index is 0.000000325. The number of hydrogen-bond donors (Lipinski definition) is 3. The Morgan fingerprint density at radius 2 is 1.64 bits per heavy atom. The molecule has 0 radical (unpaired) electrons. The average Bonchev–Trinajstić information content (AvgIpc) is 3.54. The van der Waals surface area contributed by atoms with Gasteiger partial charge in [-0.15, -0.1) is 0 Å².